The minimum Gasteiger partial charge on any atom is -0.326 e. The number of amides is 1. The first-order valence-electron chi connectivity index (χ1n) is 7.93. The Morgan fingerprint density at radius 3 is 2.10 bits per heavy atom. The van der Waals surface area contributed by atoms with Crippen molar-refractivity contribution in [1.82, 2.24) is 4.90 Å². The Morgan fingerprint density at radius 1 is 1.00 bits per heavy atom. The minimum absolute atomic E-state index is 0.150. The molecule has 12 heteroatoms. The van der Waals surface area contributed by atoms with E-state index in [0.29, 0.717) is 22.6 Å². The maximum Gasteiger partial charge on any atom is 0.471 e. The van der Waals surface area contributed by atoms with E-state index >= 15 is 0 Å². The first-order valence-corrected chi connectivity index (χ1v) is 9.37. The van der Waals surface area contributed by atoms with Gasteiger partial charge < -0.3 is 4.90 Å². The fourth-order valence-corrected chi connectivity index (χ4v) is 4.23. The van der Waals surface area contributed by atoms with Gasteiger partial charge in [-0.2, -0.15) is 13.2 Å². The molecule has 0 atom stereocenters. The van der Waals surface area contributed by atoms with Crippen LogP contribution in [0, 0.1) is 17.5 Å². The molecule has 5 nitrogen and oxygen atoms in total. The van der Waals surface area contributed by atoms with Gasteiger partial charge in [-0.1, -0.05) is 6.07 Å². The molecule has 3 rings (SSSR count). The molecule has 29 heavy (non-hydrogen) atoms. The van der Waals surface area contributed by atoms with E-state index in [1.165, 1.54) is 6.07 Å². The lowest BCUT2D eigenvalue weighted by Gasteiger charge is -2.21. The van der Waals surface area contributed by atoms with E-state index in [1.54, 1.807) is 0 Å². The number of carbonyl (C=O) groups excluding carboxylic acids is 1. The van der Waals surface area contributed by atoms with Crippen molar-refractivity contribution in [2.24, 2.45) is 0 Å². The van der Waals surface area contributed by atoms with Gasteiger partial charge in [-0.25, -0.2) is 21.6 Å². The quantitative estimate of drug-likeness (QED) is 0.691. The number of hydrogen-bond donors (Lipinski definition) is 0. The summed E-state index contributed by atoms with van der Waals surface area (Å²) in [6.45, 7) is -0.828. The Kier molecular flexibility index (Phi) is 5.01. The zero-order chi connectivity index (χ0) is 21.7. The summed E-state index contributed by atoms with van der Waals surface area (Å²) in [4.78, 5) is 11.4. The van der Waals surface area contributed by atoms with Gasteiger partial charge in [-0.05, 0) is 23.3 Å². The average Bonchev–Trinajstić information content (AvgIpc) is 3.02. The van der Waals surface area contributed by atoms with E-state index in [9.17, 15) is 39.6 Å². The van der Waals surface area contributed by atoms with Crippen molar-refractivity contribution < 1.29 is 39.6 Å². The van der Waals surface area contributed by atoms with Gasteiger partial charge in [0.2, 0.25) is 0 Å². The lowest BCUT2D eigenvalue weighted by molar-refractivity contribution is -0.186. The summed E-state index contributed by atoms with van der Waals surface area (Å²) in [5, 5.41) is 0. The van der Waals surface area contributed by atoms with Crippen LogP contribution in [-0.4, -0.2) is 32.4 Å². The summed E-state index contributed by atoms with van der Waals surface area (Å²) in [5.74, 6) is -6.19. The van der Waals surface area contributed by atoms with Gasteiger partial charge in [-0.3, -0.25) is 9.10 Å². The topological polar surface area (TPSA) is 57.7 Å². The summed E-state index contributed by atoms with van der Waals surface area (Å²) < 4.78 is 104. The molecule has 0 aliphatic carbocycles. The molecular formula is C17H12F6N2O3S. The Hall–Kier alpha value is -2.76. The minimum atomic E-state index is -5.07. The van der Waals surface area contributed by atoms with Gasteiger partial charge in [0.1, 0.15) is 11.5 Å². The van der Waals surface area contributed by atoms with Crippen LogP contribution in [0.25, 0.3) is 0 Å². The monoisotopic (exact) mass is 438 g/mol. The largest absolute Gasteiger partial charge is 0.471 e. The molecule has 0 fully saturated rings. The number of fused-ring (bicyclic) bond motifs is 1. The van der Waals surface area contributed by atoms with Gasteiger partial charge in [0, 0.05) is 32.3 Å². The molecule has 1 aliphatic heterocycles. The third-order valence-corrected chi connectivity index (χ3v) is 6.14. The zero-order valence-corrected chi connectivity index (χ0v) is 15.4. The molecule has 1 heterocycles. The van der Waals surface area contributed by atoms with Crippen molar-refractivity contribution in [3.8, 4) is 0 Å². The van der Waals surface area contributed by atoms with Crippen LogP contribution in [0.2, 0.25) is 0 Å². The molecule has 0 saturated carbocycles. The van der Waals surface area contributed by atoms with Crippen molar-refractivity contribution in [3.05, 3.63) is 58.9 Å². The van der Waals surface area contributed by atoms with Crippen molar-refractivity contribution in [3.63, 3.8) is 0 Å². The van der Waals surface area contributed by atoms with Gasteiger partial charge in [0.05, 0.1) is 4.90 Å². The molecule has 2 aromatic rings. The summed E-state index contributed by atoms with van der Waals surface area (Å²) in [6.07, 6.45) is -5.07. The third-order valence-electron chi connectivity index (χ3n) is 4.38. The Morgan fingerprint density at radius 2 is 1.55 bits per heavy atom. The predicted octanol–water partition coefficient (Wildman–Crippen LogP) is 3.33. The number of halogens is 6. The molecule has 156 valence electrons. The number of benzene rings is 2. The normalized spacial score (nSPS) is 14.1. The fraction of sp³-hybridized carbons (Fsp3) is 0.235. The summed E-state index contributed by atoms with van der Waals surface area (Å²) in [7, 11) is -3.68. The second kappa shape index (κ2) is 6.94. The van der Waals surface area contributed by atoms with Crippen LogP contribution in [0.3, 0.4) is 0 Å². The van der Waals surface area contributed by atoms with Gasteiger partial charge in [0.15, 0.2) is 11.6 Å². The Balaban J connectivity index is 1.94. The van der Waals surface area contributed by atoms with Crippen LogP contribution < -0.4 is 4.31 Å². The van der Waals surface area contributed by atoms with Crippen molar-refractivity contribution in [2.45, 2.75) is 24.2 Å². The number of rotatable bonds is 3. The molecule has 0 unspecified atom stereocenters. The van der Waals surface area contributed by atoms with E-state index in [1.807, 2.05) is 0 Å². The van der Waals surface area contributed by atoms with Crippen LogP contribution in [-0.2, 0) is 27.9 Å². The lowest BCUT2D eigenvalue weighted by Crippen LogP contribution is -2.37. The fourth-order valence-electron chi connectivity index (χ4n) is 2.97. The van der Waals surface area contributed by atoms with Crippen LogP contribution in [0.15, 0.2) is 35.2 Å². The molecular weight excluding hydrogens is 426 g/mol. The van der Waals surface area contributed by atoms with E-state index in [2.05, 4.69) is 0 Å². The number of carbonyl (C=O) groups is 1. The van der Waals surface area contributed by atoms with Gasteiger partial charge in [0.25, 0.3) is 10.0 Å². The zero-order valence-electron chi connectivity index (χ0n) is 14.6. The van der Waals surface area contributed by atoms with Crippen LogP contribution in [0.5, 0.6) is 0 Å². The summed E-state index contributed by atoms with van der Waals surface area (Å²) in [5.41, 5.74) is -0.554. The predicted molar refractivity (Wildman–Crippen MR) is 88.7 cm³/mol. The van der Waals surface area contributed by atoms with Crippen LogP contribution in [0.1, 0.15) is 11.1 Å². The second-order valence-electron chi connectivity index (χ2n) is 6.28. The Bertz CT molecular complexity index is 1080. The van der Waals surface area contributed by atoms with Crippen LogP contribution >= 0.6 is 0 Å². The first-order chi connectivity index (χ1) is 13.3. The lowest BCUT2D eigenvalue weighted by atomic mass is 10.1. The maximum atomic E-state index is 13.9. The number of hydrogen-bond acceptors (Lipinski definition) is 3. The van der Waals surface area contributed by atoms with Crippen molar-refractivity contribution in [1.29, 1.82) is 0 Å². The molecule has 1 aliphatic rings. The molecule has 0 N–H and O–H groups in total. The highest BCUT2D eigenvalue weighted by atomic mass is 32.2. The van der Waals surface area contributed by atoms with Gasteiger partial charge >= 0.3 is 12.1 Å². The average molecular weight is 438 g/mol. The number of sulfonamides is 1. The summed E-state index contributed by atoms with van der Waals surface area (Å²) in [6, 6.07) is 3.92. The van der Waals surface area contributed by atoms with Crippen molar-refractivity contribution >= 4 is 21.6 Å². The molecule has 0 aromatic heterocycles. The molecule has 0 radical (unpaired) electrons. The van der Waals surface area contributed by atoms with Crippen molar-refractivity contribution in [2.75, 3.05) is 11.4 Å². The summed E-state index contributed by atoms with van der Waals surface area (Å²) >= 11 is 0. The SMILES string of the molecule is CN(c1c(F)cc(F)cc1F)S(=O)(=O)c1ccc2c(c1)CN(C(=O)C(F)(F)F)C2. The van der Waals surface area contributed by atoms with E-state index in [-0.39, 0.29) is 16.4 Å². The Labute approximate surface area is 161 Å². The molecule has 2 aromatic carbocycles. The van der Waals surface area contributed by atoms with E-state index < -0.39 is 56.7 Å². The van der Waals surface area contributed by atoms with Gasteiger partial charge in [-0.15, -0.1) is 0 Å². The van der Waals surface area contributed by atoms with E-state index in [4.69, 9.17) is 0 Å². The smallest absolute Gasteiger partial charge is 0.326 e. The maximum absolute atomic E-state index is 13.9. The molecule has 0 saturated heterocycles. The highest BCUT2D eigenvalue weighted by Crippen LogP contribution is 2.32. The number of anilines is 1. The number of nitrogens with zero attached hydrogens (tertiary/aromatic N) is 2. The third kappa shape index (κ3) is 3.76. The highest BCUT2D eigenvalue weighted by Gasteiger charge is 2.44. The standard InChI is InChI=1S/C17H12F6N2O3S/c1-24(15-13(19)5-11(18)6-14(15)20)29(27,28)12-3-2-9-7-25(8-10(9)4-12)16(26)17(21,22)23/h2-6H,7-8H2,1H3. The van der Waals surface area contributed by atoms with E-state index in [0.717, 1.165) is 19.2 Å². The molecule has 0 spiro atoms. The molecule has 1 amide bonds. The highest BCUT2D eigenvalue weighted by molar-refractivity contribution is 7.92. The first kappa shape index (κ1) is 21.0. The van der Waals surface area contributed by atoms with Crippen LogP contribution in [0.4, 0.5) is 32.0 Å². The number of alkyl halides is 3. The molecule has 0 bridgehead atoms. The second-order valence-corrected chi connectivity index (χ2v) is 8.25.